The Hall–Kier alpha value is -0.920. The Balaban J connectivity index is 3.14. The number of alkyl halides is 1. The fourth-order valence-electron chi connectivity index (χ4n) is 1.30. The normalized spacial score (nSPS) is 12.9. The van der Waals surface area contributed by atoms with E-state index in [-0.39, 0.29) is 12.1 Å². The summed E-state index contributed by atoms with van der Waals surface area (Å²) in [7, 11) is 0. The highest BCUT2D eigenvalue weighted by Crippen LogP contribution is 2.25. The third-order valence-electron chi connectivity index (χ3n) is 2.54. The molecule has 1 rings (SSSR count). The van der Waals surface area contributed by atoms with E-state index in [1.54, 1.807) is 0 Å². The molecule has 15 heavy (non-hydrogen) atoms. The Morgan fingerprint density at radius 1 is 1.07 bits per heavy atom. The zero-order valence-electron chi connectivity index (χ0n) is 10.3. The van der Waals surface area contributed by atoms with Crippen molar-refractivity contribution in [2.24, 2.45) is 0 Å². The van der Waals surface area contributed by atoms with Crippen LogP contribution in [0.5, 0.6) is 0 Å². The molecule has 0 aromatic carbocycles. The summed E-state index contributed by atoms with van der Waals surface area (Å²) in [6.07, 6.45) is 0. The summed E-state index contributed by atoms with van der Waals surface area (Å²) >= 11 is 0. The van der Waals surface area contributed by atoms with Crippen molar-refractivity contribution in [2.75, 3.05) is 6.67 Å². The molecule has 1 heterocycles. The quantitative estimate of drug-likeness (QED) is 0.725. The van der Waals surface area contributed by atoms with Gasteiger partial charge in [-0.25, -0.2) is 0 Å². The monoisotopic (exact) mass is 209 g/mol. The van der Waals surface area contributed by atoms with Gasteiger partial charge >= 0.3 is 0 Å². The number of halogens is 1. The van der Waals surface area contributed by atoms with Crippen LogP contribution >= 0.6 is 0 Å². The number of hydrogen-bond donors (Lipinski definition) is 0. The molecule has 0 radical (unpaired) electrons. The maximum Gasteiger partial charge on any atom is 0.100 e. The van der Waals surface area contributed by atoms with E-state index >= 15 is 0 Å². The van der Waals surface area contributed by atoms with Crippen LogP contribution in [0.25, 0.3) is 0 Å². The van der Waals surface area contributed by atoms with Crippen LogP contribution in [0.15, 0.2) is 18.2 Å². The number of nitrogens with zero attached hydrogens (tertiary/aromatic N) is 1. The first-order valence-electron chi connectivity index (χ1n) is 5.31. The molecule has 1 aromatic rings. The summed E-state index contributed by atoms with van der Waals surface area (Å²) in [4.78, 5) is 4.55. The topological polar surface area (TPSA) is 12.9 Å². The number of aromatic nitrogens is 1. The van der Waals surface area contributed by atoms with Gasteiger partial charge in [-0.3, -0.25) is 9.37 Å². The molecule has 0 amide bonds. The molecule has 0 aliphatic carbocycles. The van der Waals surface area contributed by atoms with E-state index in [1.807, 2.05) is 32.0 Å². The van der Waals surface area contributed by atoms with Gasteiger partial charge in [-0.1, -0.05) is 40.7 Å². The van der Waals surface area contributed by atoms with E-state index in [0.717, 1.165) is 11.4 Å². The largest absolute Gasteiger partial charge is 0.257 e. The van der Waals surface area contributed by atoms with Crippen molar-refractivity contribution in [1.82, 2.24) is 4.98 Å². The van der Waals surface area contributed by atoms with Crippen molar-refractivity contribution in [3.05, 3.63) is 29.6 Å². The Morgan fingerprint density at radius 3 is 2.07 bits per heavy atom. The van der Waals surface area contributed by atoms with Crippen LogP contribution < -0.4 is 0 Å². The van der Waals surface area contributed by atoms with E-state index in [1.165, 1.54) is 0 Å². The van der Waals surface area contributed by atoms with E-state index in [9.17, 15) is 4.39 Å². The highest BCUT2D eigenvalue weighted by molar-refractivity contribution is 5.22. The lowest BCUT2D eigenvalue weighted by Crippen LogP contribution is -2.24. The standard InChI is InChI=1S/C13H20FN/c1-12(2,3)10-7-6-8-11(15-10)13(4,5)9-14/h6-8H,9H2,1-5H3. The molecule has 1 nitrogen and oxygen atoms in total. The molecule has 2 heteroatoms. The molecule has 0 atom stereocenters. The van der Waals surface area contributed by atoms with Crippen LogP contribution in [-0.2, 0) is 10.8 Å². The van der Waals surface area contributed by atoms with Crippen LogP contribution in [0, 0.1) is 0 Å². The molecule has 0 bridgehead atoms. The average Bonchev–Trinajstić information content (AvgIpc) is 2.17. The minimum Gasteiger partial charge on any atom is -0.257 e. The predicted molar refractivity (Wildman–Crippen MR) is 61.9 cm³/mol. The van der Waals surface area contributed by atoms with Gasteiger partial charge in [0.2, 0.25) is 0 Å². The molecule has 84 valence electrons. The summed E-state index contributed by atoms with van der Waals surface area (Å²) in [6, 6.07) is 5.85. The molecule has 0 unspecified atom stereocenters. The molecule has 1 aromatic heterocycles. The maximum atomic E-state index is 12.8. The summed E-state index contributed by atoms with van der Waals surface area (Å²) < 4.78 is 12.8. The molecular formula is C13H20FN. The van der Waals surface area contributed by atoms with Gasteiger partial charge < -0.3 is 0 Å². The fraction of sp³-hybridized carbons (Fsp3) is 0.615. The number of hydrogen-bond acceptors (Lipinski definition) is 1. The summed E-state index contributed by atoms with van der Waals surface area (Å²) in [5, 5.41) is 0. The van der Waals surface area contributed by atoms with Crippen LogP contribution in [0.4, 0.5) is 4.39 Å². The van der Waals surface area contributed by atoms with Crippen LogP contribution in [0.3, 0.4) is 0 Å². The van der Waals surface area contributed by atoms with Crippen LogP contribution in [0.1, 0.15) is 46.0 Å². The van der Waals surface area contributed by atoms with Gasteiger partial charge in [-0.15, -0.1) is 0 Å². The Bertz CT molecular complexity index is 337. The molecule has 0 saturated heterocycles. The summed E-state index contributed by atoms with van der Waals surface area (Å²) in [5.41, 5.74) is 1.38. The van der Waals surface area contributed by atoms with E-state index in [2.05, 4.69) is 25.8 Å². The fourth-order valence-corrected chi connectivity index (χ4v) is 1.30. The summed E-state index contributed by atoms with van der Waals surface area (Å²) in [6.45, 7) is 9.71. The highest BCUT2D eigenvalue weighted by atomic mass is 19.1. The van der Waals surface area contributed by atoms with Gasteiger partial charge in [0.1, 0.15) is 6.67 Å². The van der Waals surface area contributed by atoms with Crippen molar-refractivity contribution < 1.29 is 4.39 Å². The lowest BCUT2D eigenvalue weighted by atomic mass is 9.87. The minimum absolute atomic E-state index is 0.0163. The van der Waals surface area contributed by atoms with Gasteiger partial charge in [-0.05, 0) is 12.1 Å². The van der Waals surface area contributed by atoms with E-state index in [0.29, 0.717) is 0 Å². The van der Waals surface area contributed by atoms with Crippen molar-refractivity contribution >= 4 is 0 Å². The molecule has 0 saturated carbocycles. The van der Waals surface area contributed by atoms with Crippen molar-refractivity contribution in [3.63, 3.8) is 0 Å². The number of rotatable bonds is 2. The van der Waals surface area contributed by atoms with E-state index in [4.69, 9.17) is 0 Å². The zero-order chi connectivity index (χ0) is 11.7. The van der Waals surface area contributed by atoms with Gasteiger partial charge in [0.15, 0.2) is 0 Å². The molecular weight excluding hydrogens is 189 g/mol. The first-order valence-corrected chi connectivity index (χ1v) is 5.31. The second-order valence-corrected chi connectivity index (χ2v) is 5.68. The predicted octanol–water partition coefficient (Wildman–Crippen LogP) is 3.63. The maximum absolute atomic E-state index is 12.8. The van der Waals surface area contributed by atoms with Crippen LogP contribution in [-0.4, -0.2) is 11.7 Å². The zero-order valence-corrected chi connectivity index (χ0v) is 10.3. The highest BCUT2D eigenvalue weighted by Gasteiger charge is 2.24. The molecule has 0 N–H and O–H groups in total. The van der Waals surface area contributed by atoms with E-state index < -0.39 is 5.41 Å². The van der Waals surface area contributed by atoms with Gasteiger partial charge in [0, 0.05) is 22.2 Å². The van der Waals surface area contributed by atoms with Crippen molar-refractivity contribution in [1.29, 1.82) is 0 Å². The third kappa shape index (κ3) is 2.77. The summed E-state index contributed by atoms with van der Waals surface area (Å²) in [5.74, 6) is 0. The first-order chi connectivity index (χ1) is 6.77. The van der Waals surface area contributed by atoms with Crippen molar-refractivity contribution in [2.45, 2.75) is 45.4 Å². The van der Waals surface area contributed by atoms with Gasteiger partial charge in [0.05, 0.1) is 0 Å². The second-order valence-electron chi connectivity index (χ2n) is 5.68. The Kier molecular flexibility index (Phi) is 3.17. The first kappa shape index (κ1) is 12.2. The van der Waals surface area contributed by atoms with Crippen LogP contribution in [0.2, 0.25) is 0 Å². The molecule has 0 aliphatic rings. The SMILES string of the molecule is CC(C)(C)c1cccc(C(C)(C)CF)n1. The third-order valence-corrected chi connectivity index (χ3v) is 2.54. The minimum atomic E-state index is -0.485. The van der Waals surface area contributed by atoms with Gasteiger partial charge in [-0.2, -0.15) is 0 Å². The molecule has 0 spiro atoms. The lowest BCUT2D eigenvalue weighted by Gasteiger charge is -2.24. The van der Waals surface area contributed by atoms with Gasteiger partial charge in [0.25, 0.3) is 0 Å². The second kappa shape index (κ2) is 3.92. The smallest absolute Gasteiger partial charge is 0.100 e. The Morgan fingerprint density at radius 2 is 1.60 bits per heavy atom. The Labute approximate surface area is 91.7 Å². The molecule has 0 aliphatic heterocycles. The molecule has 0 fully saturated rings. The van der Waals surface area contributed by atoms with Crippen molar-refractivity contribution in [3.8, 4) is 0 Å². The number of pyridine rings is 1. The lowest BCUT2D eigenvalue weighted by molar-refractivity contribution is 0.342. The average molecular weight is 209 g/mol.